The Bertz CT molecular complexity index is 650. The normalized spacial score (nSPS) is 22.6. The Balaban J connectivity index is 2.17. The molecule has 4 nitrogen and oxygen atoms in total. The zero-order valence-corrected chi connectivity index (χ0v) is 13.5. The van der Waals surface area contributed by atoms with E-state index in [0.29, 0.717) is 12.0 Å². The minimum atomic E-state index is -3.01. The standard InChI is InChI=1S/C16H21NO3S/c1-11-7-13(10-17)8-12(2)16(11)20-14-5-4-6-15(9-14)21(3,18)19/h7-8,14-15H,4-6,9H2,1-3H3. The molecule has 0 amide bonds. The second-order valence-electron chi connectivity index (χ2n) is 5.91. The average Bonchev–Trinajstić information content (AvgIpc) is 2.42. The molecule has 0 heterocycles. The number of nitriles is 1. The molecule has 1 aromatic rings. The van der Waals surface area contributed by atoms with Gasteiger partial charge < -0.3 is 4.74 Å². The quantitative estimate of drug-likeness (QED) is 0.861. The van der Waals surface area contributed by atoms with Crippen molar-refractivity contribution in [1.29, 1.82) is 5.26 Å². The third-order valence-electron chi connectivity index (χ3n) is 4.06. The van der Waals surface area contributed by atoms with Crippen molar-refractivity contribution in [2.45, 2.75) is 50.9 Å². The summed E-state index contributed by atoms with van der Waals surface area (Å²) < 4.78 is 29.5. The molecular formula is C16H21NO3S. The van der Waals surface area contributed by atoms with E-state index in [1.54, 1.807) is 12.1 Å². The highest BCUT2D eigenvalue weighted by atomic mass is 32.2. The predicted octanol–water partition coefficient (Wildman–Crippen LogP) is 2.91. The first kappa shape index (κ1) is 15.8. The minimum Gasteiger partial charge on any atom is -0.490 e. The molecule has 21 heavy (non-hydrogen) atoms. The van der Waals surface area contributed by atoms with Gasteiger partial charge in [0.25, 0.3) is 0 Å². The molecule has 0 radical (unpaired) electrons. The first-order valence-electron chi connectivity index (χ1n) is 7.18. The molecule has 0 spiro atoms. The van der Waals surface area contributed by atoms with Crippen LogP contribution in [0.1, 0.15) is 42.4 Å². The van der Waals surface area contributed by atoms with Gasteiger partial charge in [-0.3, -0.25) is 0 Å². The minimum absolute atomic E-state index is 0.0659. The number of sulfone groups is 1. The summed E-state index contributed by atoms with van der Waals surface area (Å²) in [6, 6.07) is 5.74. The van der Waals surface area contributed by atoms with Crippen molar-refractivity contribution >= 4 is 9.84 Å². The smallest absolute Gasteiger partial charge is 0.150 e. The summed E-state index contributed by atoms with van der Waals surface area (Å²) in [5.41, 5.74) is 2.47. The summed E-state index contributed by atoms with van der Waals surface area (Å²) in [5.74, 6) is 0.785. The molecule has 1 aromatic carbocycles. The Hall–Kier alpha value is -1.54. The molecule has 0 bridgehead atoms. The van der Waals surface area contributed by atoms with Gasteiger partial charge in [-0.1, -0.05) is 0 Å². The van der Waals surface area contributed by atoms with Crippen LogP contribution in [0.3, 0.4) is 0 Å². The van der Waals surface area contributed by atoms with Gasteiger partial charge in [0, 0.05) is 12.7 Å². The number of nitrogens with zero attached hydrogens (tertiary/aromatic N) is 1. The van der Waals surface area contributed by atoms with E-state index in [1.807, 2.05) is 13.8 Å². The molecule has 114 valence electrons. The topological polar surface area (TPSA) is 67.2 Å². The van der Waals surface area contributed by atoms with Gasteiger partial charge >= 0.3 is 0 Å². The highest BCUT2D eigenvalue weighted by Gasteiger charge is 2.30. The molecule has 0 N–H and O–H groups in total. The number of aryl methyl sites for hydroxylation is 2. The van der Waals surface area contributed by atoms with E-state index in [2.05, 4.69) is 6.07 Å². The van der Waals surface area contributed by atoms with E-state index in [1.165, 1.54) is 6.26 Å². The van der Waals surface area contributed by atoms with Gasteiger partial charge in [0.15, 0.2) is 0 Å². The largest absolute Gasteiger partial charge is 0.490 e. The third kappa shape index (κ3) is 3.76. The maximum Gasteiger partial charge on any atom is 0.150 e. The Morgan fingerprint density at radius 3 is 2.38 bits per heavy atom. The molecule has 1 fully saturated rings. The van der Waals surface area contributed by atoms with Gasteiger partial charge in [-0.05, 0) is 56.4 Å². The molecule has 1 aliphatic carbocycles. The van der Waals surface area contributed by atoms with Crippen molar-refractivity contribution in [1.82, 2.24) is 0 Å². The van der Waals surface area contributed by atoms with Crippen LogP contribution in [0.25, 0.3) is 0 Å². The molecule has 0 aromatic heterocycles. The van der Waals surface area contributed by atoms with Gasteiger partial charge in [-0.25, -0.2) is 8.42 Å². The van der Waals surface area contributed by atoms with E-state index in [4.69, 9.17) is 10.00 Å². The van der Waals surface area contributed by atoms with E-state index in [9.17, 15) is 8.42 Å². The second kappa shape index (κ2) is 6.07. The Kier molecular flexibility index (Phi) is 4.58. The molecule has 2 atom stereocenters. The van der Waals surface area contributed by atoms with Gasteiger partial charge in [0.05, 0.1) is 23.0 Å². The van der Waals surface area contributed by atoms with Crippen molar-refractivity contribution in [2.24, 2.45) is 0 Å². The average molecular weight is 307 g/mol. The lowest BCUT2D eigenvalue weighted by molar-refractivity contribution is 0.154. The molecule has 2 rings (SSSR count). The van der Waals surface area contributed by atoms with Crippen LogP contribution in [0.5, 0.6) is 5.75 Å². The number of hydrogen-bond donors (Lipinski definition) is 0. The third-order valence-corrected chi connectivity index (χ3v) is 5.70. The maximum absolute atomic E-state index is 11.7. The number of hydrogen-bond acceptors (Lipinski definition) is 4. The predicted molar refractivity (Wildman–Crippen MR) is 82.1 cm³/mol. The zero-order valence-electron chi connectivity index (χ0n) is 12.7. The fourth-order valence-corrected chi connectivity index (χ4v) is 4.12. The van der Waals surface area contributed by atoms with E-state index in [-0.39, 0.29) is 11.4 Å². The molecule has 5 heteroatoms. The Morgan fingerprint density at radius 1 is 1.24 bits per heavy atom. The van der Waals surface area contributed by atoms with Gasteiger partial charge in [-0.2, -0.15) is 5.26 Å². The zero-order chi connectivity index (χ0) is 15.6. The lowest BCUT2D eigenvalue weighted by Crippen LogP contribution is -2.33. The van der Waals surface area contributed by atoms with Crippen molar-refractivity contribution in [3.63, 3.8) is 0 Å². The molecule has 2 unspecified atom stereocenters. The van der Waals surface area contributed by atoms with Crippen LogP contribution in [0.4, 0.5) is 0 Å². The van der Waals surface area contributed by atoms with Crippen LogP contribution in [-0.2, 0) is 9.84 Å². The number of benzene rings is 1. The fourth-order valence-electron chi connectivity index (χ4n) is 2.97. The SMILES string of the molecule is Cc1cc(C#N)cc(C)c1OC1CCCC(S(C)(=O)=O)C1. The highest BCUT2D eigenvalue weighted by Crippen LogP contribution is 2.31. The van der Waals surface area contributed by atoms with Gasteiger partial charge in [-0.15, -0.1) is 0 Å². The summed E-state index contributed by atoms with van der Waals surface area (Å²) in [6.45, 7) is 3.83. The highest BCUT2D eigenvalue weighted by molar-refractivity contribution is 7.91. The monoisotopic (exact) mass is 307 g/mol. The van der Waals surface area contributed by atoms with Crippen LogP contribution in [0, 0.1) is 25.2 Å². The molecule has 0 aliphatic heterocycles. The second-order valence-corrected chi connectivity index (χ2v) is 8.23. The van der Waals surface area contributed by atoms with Crippen LogP contribution >= 0.6 is 0 Å². The van der Waals surface area contributed by atoms with Crippen LogP contribution in [0.15, 0.2) is 12.1 Å². The first-order valence-corrected chi connectivity index (χ1v) is 9.13. The summed E-state index contributed by atoms with van der Waals surface area (Å²) in [4.78, 5) is 0. The fraction of sp³-hybridized carbons (Fsp3) is 0.562. The van der Waals surface area contributed by atoms with Crippen molar-refractivity contribution in [3.05, 3.63) is 28.8 Å². The maximum atomic E-state index is 11.7. The van der Waals surface area contributed by atoms with E-state index < -0.39 is 9.84 Å². The van der Waals surface area contributed by atoms with Gasteiger partial charge in [0.2, 0.25) is 0 Å². The summed E-state index contributed by atoms with van der Waals surface area (Å²) in [5, 5.41) is 8.67. The molecular weight excluding hydrogens is 286 g/mol. The van der Waals surface area contributed by atoms with E-state index in [0.717, 1.165) is 36.1 Å². The van der Waals surface area contributed by atoms with Crippen LogP contribution < -0.4 is 4.74 Å². The van der Waals surface area contributed by atoms with Crippen molar-refractivity contribution < 1.29 is 13.2 Å². The lowest BCUT2D eigenvalue weighted by Gasteiger charge is -2.29. The summed E-state index contributed by atoms with van der Waals surface area (Å²) in [6.07, 6.45) is 4.27. The summed E-state index contributed by atoms with van der Waals surface area (Å²) >= 11 is 0. The lowest BCUT2D eigenvalue weighted by atomic mass is 9.96. The van der Waals surface area contributed by atoms with Gasteiger partial charge in [0.1, 0.15) is 15.6 Å². The number of ether oxygens (including phenoxy) is 1. The summed E-state index contributed by atoms with van der Waals surface area (Å²) in [7, 11) is -3.01. The molecule has 0 saturated heterocycles. The van der Waals surface area contributed by atoms with E-state index >= 15 is 0 Å². The van der Waals surface area contributed by atoms with Crippen molar-refractivity contribution in [3.8, 4) is 11.8 Å². The van der Waals surface area contributed by atoms with Crippen LogP contribution in [-0.4, -0.2) is 26.0 Å². The van der Waals surface area contributed by atoms with Crippen molar-refractivity contribution in [2.75, 3.05) is 6.26 Å². The van der Waals surface area contributed by atoms with Crippen LogP contribution in [0.2, 0.25) is 0 Å². The molecule has 1 saturated carbocycles. The first-order chi connectivity index (χ1) is 9.81. The Morgan fingerprint density at radius 2 is 1.86 bits per heavy atom. The number of rotatable bonds is 3. The Labute approximate surface area is 126 Å². The molecule has 1 aliphatic rings.